The highest BCUT2D eigenvalue weighted by atomic mass is 16.5. The van der Waals surface area contributed by atoms with E-state index in [-0.39, 0.29) is 5.97 Å². The molecular formula is C13H20N2O2. The predicted octanol–water partition coefficient (Wildman–Crippen LogP) is 1.86. The fourth-order valence-electron chi connectivity index (χ4n) is 1.52. The Morgan fingerprint density at radius 3 is 2.59 bits per heavy atom. The number of hydrogen-bond acceptors (Lipinski definition) is 4. The van der Waals surface area contributed by atoms with Crippen molar-refractivity contribution >= 4 is 5.97 Å². The first-order valence-corrected chi connectivity index (χ1v) is 5.92. The Hall–Kier alpha value is -1.42. The molecule has 0 atom stereocenters. The van der Waals surface area contributed by atoms with E-state index in [2.05, 4.69) is 23.7 Å². The molecule has 0 aromatic carbocycles. The molecule has 1 rings (SSSR count). The van der Waals surface area contributed by atoms with E-state index in [0.29, 0.717) is 19.2 Å². The van der Waals surface area contributed by atoms with Gasteiger partial charge in [0.05, 0.1) is 13.2 Å². The summed E-state index contributed by atoms with van der Waals surface area (Å²) in [6, 6.07) is 4.22. The molecule has 0 bridgehead atoms. The van der Waals surface area contributed by atoms with Crippen LogP contribution in [0.5, 0.6) is 0 Å². The largest absolute Gasteiger partial charge is 0.465 e. The third-order valence-electron chi connectivity index (χ3n) is 2.50. The lowest BCUT2D eigenvalue weighted by Gasteiger charge is -2.25. The number of ether oxygens (including phenoxy) is 1. The summed E-state index contributed by atoms with van der Waals surface area (Å²) in [4.78, 5) is 17.5. The van der Waals surface area contributed by atoms with Gasteiger partial charge in [-0.05, 0) is 38.5 Å². The molecule has 1 aromatic heterocycles. The zero-order valence-corrected chi connectivity index (χ0v) is 10.7. The number of carbonyl (C=O) groups is 1. The van der Waals surface area contributed by atoms with Gasteiger partial charge in [0.2, 0.25) is 0 Å². The monoisotopic (exact) mass is 236 g/mol. The molecule has 0 N–H and O–H groups in total. The first-order chi connectivity index (χ1) is 8.13. The fraction of sp³-hybridized carbons (Fsp3) is 0.538. The molecule has 0 saturated heterocycles. The second-order valence-corrected chi connectivity index (χ2v) is 4.16. The molecule has 17 heavy (non-hydrogen) atoms. The molecule has 4 heteroatoms. The Morgan fingerprint density at radius 2 is 2.06 bits per heavy atom. The van der Waals surface area contributed by atoms with Gasteiger partial charge in [0, 0.05) is 25.0 Å². The SMILES string of the molecule is CCOC(=O)CN(Cc1ccncc1)C(C)C. The maximum absolute atomic E-state index is 11.5. The van der Waals surface area contributed by atoms with Crippen LogP contribution < -0.4 is 0 Å². The van der Waals surface area contributed by atoms with Crippen molar-refractivity contribution in [1.29, 1.82) is 0 Å². The van der Waals surface area contributed by atoms with E-state index >= 15 is 0 Å². The van der Waals surface area contributed by atoms with Crippen LogP contribution in [0, 0.1) is 0 Å². The zero-order valence-electron chi connectivity index (χ0n) is 10.7. The summed E-state index contributed by atoms with van der Waals surface area (Å²) in [5.41, 5.74) is 1.15. The van der Waals surface area contributed by atoms with Gasteiger partial charge in [0.1, 0.15) is 0 Å². The van der Waals surface area contributed by atoms with Gasteiger partial charge >= 0.3 is 5.97 Å². The molecule has 0 aliphatic heterocycles. The Morgan fingerprint density at radius 1 is 1.41 bits per heavy atom. The molecule has 1 heterocycles. The zero-order chi connectivity index (χ0) is 12.7. The Balaban J connectivity index is 2.58. The summed E-state index contributed by atoms with van der Waals surface area (Å²) in [5, 5.41) is 0. The summed E-state index contributed by atoms with van der Waals surface area (Å²) >= 11 is 0. The molecule has 0 spiro atoms. The average molecular weight is 236 g/mol. The molecule has 0 amide bonds. The smallest absolute Gasteiger partial charge is 0.320 e. The minimum absolute atomic E-state index is 0.171. The molecule has 0 unspecified atom stereocenters. The van der Waals surface area contributed by atoms with E-state index < -0.39 is 0 Å². The van der Waals surface area contributed by atoms with Crippen molar-refractivity contribution in [2.75, 3.05) is 13.2 Å². The normalized spacial score (nSPS) is 10.9. The minimum Gasteiger partial charge on any atom is -0.465 e. The summed E-state index contributed by atoms with van der Waals surface area (Å²) in [5.74, 6) is -0.171. The molecule has 0 radical (unpaired) electrons. The molecule has 0 aliphatic carbocycles. The van der Waals surface area contributed by atoms with Crippen LogP contribution in [0.1, 0.15) is 26.3 Å². The number of aromatic nitrogens is 1. The maximum atomic E-state index is 11.5. The van der Waals surface area contributed by atoms with Gasteiger partial charge in [-0.25, -0.2) is 0 Å². The molecule has 94 valence electrons. The third kappa shape index (κ3) is 4.95. The van der Waals surface area contributed by atoms with Crippen molar-refractivity contribution < 1.29 is 9.53 Å². The highest BCUT2D eigenvalue weighted by molar-refractivity contribution is 5.71. The number of pyridine rings is 1. The van der Waals surface area contributed by atoms with Crippen molar-refractivity contribution in [3.63, 3.8) is 0 Å². The van der Waals surface area contributed by atoms with E-state index in [4.69, 9.17) is 4.74 Å². The number of esters is 1. The number of hydrogen-bond donors (Lipinski definition) is 0. The summed E-state index contributed by atoms with van der Waals surface area (Å²) in [6.07, 6.45) is 3.52. The quantitative estimate of drug-likeness (QED) is 0.707. The van der Waals surface area contributed by atoms with Crippen LogP contribution in [-0.4, -0.2) is 35.0 Å². The summed E-state index contributed by atoms with van der Waals surface area (Å²) in [7, 11) is 0. The molecule has 0 saturated carbocycles. The first-order valence-electron chi connectivity index (χ1n) is 5.92. The molecular weight excluding hydrogens is 216 g/mol. The van der Waals surface area contributed by atoms with Crippen molar-refractivity contribution in [2.24, 2.45) is 0 Å². The molecule has 4 nitrogen and oxygen atoms in total. The lowest BCUT2D eigenvalue weighted by molar-refractivity contribution is -0.145. The van der Waals surface area contributed by atoms with E-state index in [1.165, 1.54) is 0 Å². The van der Waals surface area contributed by atoms with Crippen molar-refractivity contribution in [3.8, 4) is 0 Å². The Labute approximate surface area is 103 Å². The van der Waals surface area contributed by atoms with Crippen molar-refractivity contribution in [3.05, 3.63) is 30.1 Å². The number of nitrogens with zero attached hydrogens (tertiary/aromatic N) is 2. The summed E-state index contributed by atoms with van der Waals surface area (Å²) in [6.45, 7) is 7.45. The topological polar surface area (TPSA) is 42.4 Å². The predicted molar refractivity (Wildman–Crippen MR) is 66.4 cm³/mol. The van der Waals surface area contributed by atoms with Gasteiger partial charge in [-0.1, -0.05) is 0 Å². The van der Waals surface area contributed by atoms with Crippen LogP contribution in [0.4, 0.5) is 0 Å². The van der Waals surface area contributed by atoms with Crippen LogP contribution in [-0.2, 0) is 16.1 Å². The van der Waals surface area contributed by atoms with Crippen molar-refractivity contribution in [2.45, 2.75) is 33.4 Å². The second-order valence-electron chi connectivity index (χ2n) is 4.16. The Bertz CT molecular complexity index is 339. The lowest BCUT2D eigenvalue weighted by atomic mass is 10.2. The van der Waals surface area contributed by atoms with Crippen LogP contribution in [0.25, 0.3) is 0 Å². The van der Waals surface area contributed by atoms with Gasteiger partial charge in [0.15, 0.2) is 0 Å². The number of carbonyl (C=O) groups excluding carboxylic acids is 1. The maximum Gasteiger partial charge on any atom is 0.320 e. The average Bonchev–Trinajstić information content (AvgIpc) is 2.29. The van der Waals surface area contributed by atoms with Crippen LogP contribution in [0.15, 0.2) is 24.5 Å². The second kappa shape index (κ2) is 7.01. The molecule has 1 aromatic rings. The fourth-order valence-corrected chi connectivity index (χ4v) is 1.52. The van der Waals surface area contributed by atoms with E-state index in [0.717, 1.165) is 12.1 Å². The first kappa shape index (κ1) is 13.6. The van der Waals surface area contributed by atoms with E-state index in [1.807, 2.05) is 19.1 Å². The van der Waals surface area contributed by atoms with Crippen LogP contribution in [0.2, 0.25) is 0 Å². The minimum atomic E-state index is -0.171. The van der Waals surface area contributed by atoms with Crippen LogP contribution in [0.3, 0.4) is 0 Å². The van der Waals surface area contributed by atoms with Gasteiger partial charge < -0.3 is 4.74 Å². The third-order valence-corrected chi connectivity index (χ3v) is 2.50. The van der Waals surface area contributed by atoms with Crippen molar-refractivity contribution in [1.82, 2.24) is 9.88 Å². The van der Waals surface area contributed by atoms with E-state index in [1.54, 1.807) is 12.4 Å². The van der Waals surface area contributed by atoms with Gasteiger partial charge in [-0.15, -0.1) is 0 Å². The van der Waals surface area contributed by atoms with Gasteiger partial charge in [0.25, 0.3) is 0 Å². The molecule has 0 aliphatic rings. The Kier molecular flexibility index (Phi) is 5.63. The molecule has 0 fully saturated rings. The van der Waals surface area contributed by atoms with Gasteiger partial charge in [-0.3, -0.25) is 14.7 Å². The lowest BCUT2D eigenvalue weighted by Crippen LogP contribution is -2.36. The highest BCUT2D eigenvalue weighted by Crippen LogP contribution is 2.07. The van der Waals surface area contributed by atoms with Gasteiger partial charge in [-0.2, -0.15) is 0 Å². The van der Waals surface area contributed by atoms with Crippen LogP contribution >= 0.6 is 0 Å². The summed E-state index contributed by atoms with van der Waals surface area (Å²) < 4.78 is 4.97. The number of rotatable bonds is 6. The van der Waals surface area contributed by atoms with E-state index in [9.17, 15) is 4.79 Å². The highest BCUT2D eigenvalue weighted by Gasteiger charge is 2.14. The standard InChI is InChI=1S/C13H20N2O2/c1-4-17-13(16)10-15(11(2)3)9-12-5-7-14-8-6-12/h5-8,11H,4,9-10H2,1-3H3.